The number of carboxylic acid groups (broad SMARTS) is 1. The normalized spacial score (nSPS) is 10.6. The zero-order chi connectivity index (χ0) is 15.6. The summed E-state index contributed by atoms with van der Waals surface area (Å²) in [5.41, 5.74) is -0.806. The number of aromatic nitrogens is 3. The molecule has 0 amide bonds. The fraction of sp³-hybridized carbons (Fsp3) is 0.250. The van der Waals surface area contributed by atoms with Gasteiger partial charge in [-0.3, -0.25) is 14.8 Å². The second-order valence-electron chi connectivity index (χ2n) is 4.46. The summed E-state index contributed by atoms with van der Waals surface area (Å²) in [6.07, 6.45) is 3.93. The largest absolute Gasteiger partial charge is 0.477 e. The van der Waals surface area contributed by atoms with Gasteiger partial charge in [0.2, 0.25) is 5.88 Å². The Kier molecular flexibility index (Phi) is 3.83. The summed E-state index contributed by atoms with van der Waals surface area (Å²) in [5.74, 6) is -1.29. The van der Waals surface area contributed by atoms with Crippen molar-refractivity contribution in [3.8, 4) is 11.6 Å². The van der Waals surface area contributed by atoms with E-state index in [0.29, 0.717) is 5.75 Å². The van der Waals surface area contributed by atoms with Crippen molar-refractivity contribution in [2.24, 2.45) is 0 Å². The minimum atomic E-state index is -1.36. The van der Waals surface area contributed by atoms with Gasteiger partial charge < -0.3 is 9.84 Å². The molecule has 2 rings (SSSR count). The number of carbonyl (C=O) groups is 1. The molecule has 21 heavy (non-hydrogen) atoms. The molecule has 1 N–H and O–H groups in total. The lowest BCUT2D eigenvalue weighted by molar-refractivity contribution is -0.385. The molecule has 0 unspecified atom stereocenters. The van der Waals surface area contributed by atoms with Gasteiger partial charge >= 0.3 is 5.97 Å². The molecule has 0 aliphatic rings. The number of rotatable bonds is 5. The van der Waals surface area contributed by atoms with Crippen LogP contribution in [0, 0.1) is 10.1 Å². The van der Waals surface area contributed by atoms with E-state index in [-0.39, 0.29) is 17.5 Å². The predicted octanol–water partition coefficient (Wildman–Crippen LogP) is 2.26. The number of hydrogen-bond donors (Lipinski definition) is 1. The minimum absolute atomic E-state index is 0.117. The SMILES string of the molecule is CC(C)n1cc(Oc2ncc([N+](=O)[O-])cc2C(=O)O)cn1. The molecule has 0 fully saturated rings. The summed E-state index contributed by atoms with van der Waals surface area (Å²) in [7, 11) is 0. The van der Waals surface area contributed by atoms with Gasteiger partial charge in [0.1, 0.15) is 11.8 Å². The fourth-order valence-corrected chi connectivity index (χ4v) is 1.54. The number of ether oxygens (including phenoxy) is 1. The van der Waals surface area contributed by atoms with E-state index in [9.17, 15) is 14.9 Å². The summed E-state index contributed by atoms with van der Waals surface area (Å²) in [6.45, 7) is 3.84. The number of pyridine rings is 1. The van der Waals surface area contributed by atoms with Crippen molar-refractivity contribution in [3.05, 3.63) is 40.3 Å². The number of nitrogens with zero attached hydrogens (tertiary/aromatic N) is 4. The molecule has 0 aromatic carbocycles. The van der Waals surface area contributed by atoms with Crippen LogP contribution in [-0.4, -0.2) is 30.8 Å². The maximum absolute atomic E-state index is 11.1. The van der Waals surface area contributed by atoms with Gasteiger partial charge in [-0.15, -0.1) is 0 Å². The van der Waals surface area contributed by atoms with Gasteiger partial charge in [0.15, 0.2) is 5.75 Å². The van der Waals surface area contributed by atoms with Crippen molar-refractivity contribution in [1.29, 1.82) is 0 Å². The average molecular weight is 292 g/mol. The molecule has 0 atom stereocenters. The molecule has 0 radical (unpaired) electrons. The highest BCUT2D eigenvalue weighted by molar-refractivity contribution is 5.91. The Morgan fingerprint density at radius 1 is 1.48 bits per heavy atom. The smallest absolute Gasteiger partial charge is 0.341 e. The van der Waals surface area contributed by atoms with Crippen molar-refractivity contribution < 1.29 is 19.6 Å². The van der Waals surface area contributed by atoms with Gasteiger partial charge in [-0.25, -0.2) is 9.78 Å². The fourth-order valence-electron chi connectivity index (χ4n) is 1.54. The first-order valence-corrected chi connectivity index (χ1v) is 5.98. The summed E-state index contributed by atoms with van der Waals surface area (Å²) in [6, 6.07) is 1.02. The summed E-state index contributed by atoms with van der Waals surface area (Å²) >= 11 is 0. The van der Waals surface area contributed by atoms with Gasteiger partial charge in [-0.05, 0) is 13.8 Å². The van der Waals surface area contributed by atoms with Crippen molar-refractivity contribution >= 4 is 11.7 Å². The maximum Gasteiger partial charge on any atom is 0.341 e. The third-order valence-corrected chi connectivity index (χ3v) is 2.60. The van der Waals surface area contributed by atoms with Crippen LogP contribution in [0.25, 0.3) is 0 Å². The Morgan fingerprint density at radius 2 is 2.19 bits per heavy atom. The van der Waals surface area contributed by atoms with Crippen LogP contribution in [0.5, 0.6) is 11.6 Å². The van der Waals surface area contributed by atoms with Crippen LogP contribution in [0.3, 0.4) is 0 Å². The molecular formula is C12H12N4O5. The van der Waals surface area contributed by atoms with E-state index in [1.807, 2.05) is 13.8 Å². The number of aromatic carboxylic acids is 1. The van der Waals surface area contributed by atoms with E-state index >= 15 is 0 Å². The quantitative estimate of drug-likeness (QED) is 0.662. The molecule has 0 aliphatic heterocycles. The van der Waals surface area contributed by atoms with Crippen LogP contribution in [-0.2, 0) is 0 Å². The van der Waals surface area contributed by atoms with E-state index < -0.39 is 16.6 Å². The highest BCUT2D eigenvalue weighted by Crippen LogP contribution is 2.26. The first-order valence-electron chi connectivity index (χ1n) is 5.98. The molecule has 0 saturated heterocycles. The Labute approximate surface area is 118 Å². The first-order chi connectivity index (χ1) is 9.88. The Bertz CT molecular complexity index is 695. The highest BCUT2D eigenvalue weighted by atomic mass is 16.6. The number of hydrogen-bond acceptors (Lipinski definition) is 6. The van der Waals surface area contributed by atoms with E-state index in [0.717, 1.165) is 12.3 Å². The van der Waals surface area contributed by atoms with E-state index in [1.165, 1.54) is 6.20 Å². The average Bonchev–Trinajstić information content (AvgIpc) is 2.87. The molecular weight excluding hydrogens is 280 g/mol. The molecule has 9 heteroatoms. The minimum Gasteiger partial charge on any atom is -0.477 e. The molecule has 2 heterocycles. The summed E-state index contributed by atoms with van der Waals surface area (Å²) < 4.78 is 6.96. The lowest BCUT2D eigenvalue weighted by atomic mass is 10.2. The molecule has 110 valence electrons. The van der Waals surface area contributed by atoms with Crippen molar-refractivity contribution in [3.63, 3.8) is 0 Å². The van der Waals surface area contributed by atoms with Gasteiger partial charge in [-0.2, -0.15) is 5.10 Å². The third-order valence-electron chi connectivity index (χ3n) is 2.60. The van der Waals surface area contributed by atoms with Crippen LogP contribution in [0.1, 0.15) is 30.2 Å². The van der Waals surface area contributed by atoms with Gasteiger partial charge in [0, 0.05) is 12.1 Å². The van der Waals surface area contributed by atoms with Crippen LogP contribution in [0.15, 0.2) is 24.7 Å². The van der Waals surface area contributed by atoms with Gasteiger partial charge in [-0.1, -0.05) is 0 Å². The zero-order valence-electron chi connectivity index (χ0n) is 11.3. The number of nitro groups is 1. The van der Waals surface area contributed by atoms with Crippen molar-refractivity contribution in [2.45, 2.75) is 19.9 Å². The molecule has 2 aromatic rings. The third kappa shape index (κ3) is 3.14. The molecule has 0 saturated carbocycles. The van der Waals surface area contributed by atoms with Crippen molar-refractivity contribution in [1.82, 2.24) is 14.8 Å². The zero-order valence-corrected chi connectivity index (χ0v) is 11.3. The van der Waals surface area contributed by atoms with E-state index in [1.54, 1.807) is 10.9 Å². The molecule has 0 bridgehead atoms. The van der Waals surface area contributed by atoms with E-state index in [2.05, 4.69) is 10.1 Å². The predicted molar refractivity (Wildman–Crippen MR) is 70.5 cm³/mol. The monoisotopic (exact) mass is 292 g/mol. The second-order valence-corrected chi connectivity index (χ2v) is 4.46. The molecule has 0 spiro atoms. The Morgan fingerprint density at radius 3 is 2.71 bits per heavy atom. The highest BCUT2D eigenvalue weighted by Gasteiger charge is 2.19. The maximum atomic E-state index is 11.1. The lowest BCUT2D eigenvalue weighted by Crippen LogP contribution is -2.03. The summed E-state index contributed by atoms with van der Waals surface area (Å²) in [4.78, 5) is 24.7. The summed E-state index contributed by atoms with van der Waals surface area (Å²) in [5, 5.41) is 23.8. The standard InChI is InChI=1S/C12H12N4O5/c1-7(2)15-6-9(5-14-15)21-11-10(12(17)18)3-8(4-13-11)16(19)20/h3-7H,1-2H3,(H,17,18). The Balaban J connectivity index is 2.34. The first kappa shape index (κ1) is 14.4. The Hall–Kier alpha value is -2.97. The van der Waals surface area contributed by atoms with Gasteiger partial charge in [0.05, 0.1) is 17.3 Å². The molecule has 9 nitrogen and oxygen atoms in total. The van der Waals surface area contributed by atoms with Crippen LogP contribution in [0.4, 0.5) is 5.69 Å². The van der Waals surface area contributed by atoms with Crippen LogP contribution in [0.2, 0.25) is 0 Å². The topological polar surface area (TPSA) is 120 Å². The molecule has 0 aliphatic carbocycles. The lowest BCUT2D eigenvalue weighted by Gasteiger charge is -2.05. The van der Waals surface area contributed by atoms with E-state index in [4.69, 9.17) is 9.84 Å². The second kappa shape index (κ2) is 5.57. The van der Waals surface area contributed by atoms with Crippen LogP contribution >= 0.6 is 0 Å². The van der Waals surface area contributed by atoms with Crippen molar-refractivity contribution in [2.75, 3.05) is 0 Å². The number of carboxylic acids is 1. The van der Waals surface area contributed by atoms with Gasteiger partial charge in [0.25, 0.3) is 5.69 Å². The van der Waals surface area contributed by atoms with Crippen LogP contribution < -0.4 is 4.74 Å². The molecule has 2 aromatic heterocycles.